The fourth-order valence-corrected chi connectivity index (χ4v) is 1.30. The van der Waals surface area contributed by atoms with E-state index in [9.17, 15) is 4.79 Å². The van der Waals surface area contributed by atoms with Crippen LogP contribution in [0.25, 0.3) is 5.95 Å². The van der Waals surface area contributed by atoms with Crippen LogP contribution in [0.15, 0.2) is 12.7 Å². The van der Waals surface area contributed by atoms with Crippen molar-refractivity contribution in [2.75, 3.05) is 26.0 Å². The second kappa shape index (κ2) is 5.57. The molecule has 2 heterocycles. The van der Waals surface area contributed by atoms with E-state index in [2.05, 4.69) is 30.4 Å². The van der Waals surface area contributed by atoms with Crippen molar-refractivity contribution in [1.29, 1.82) is 0 Å². The number of rotatable bonds is 4. The highest BCUT2D eigenvalue weighted by Gasteiger charge is 2.09. The number of hydrogen-bond donors (Lipinski definition) is 1. The van der Waals surface area contributed by atoms with E-state index in [1.54, 1.807) is 14.1 Å². The summed E-state index contributed by atoms with van der Waals surface area (Å²) < 4.78 is 1.34. The normalized spacial score (nSPS) is 10.3. The molecule has 0 aliphatic heterocycles. The van der Waals surface area contributed by atoms with Crippen LogP contribution in [-0.4, -0.2) is 61.2 Å². The van der Waals surface area contributed by atoms with Gasteiger partial charge in [0.2, 0.25) is 17.1 Å². The Kier molecular flexibility index (Phi) is 3.85. The molecule has 9 nitrogen and oxygen atoms in total. The van der Waals surface area contributed by atoms with Gasteiger partial charge >= 0.3 is 0 Å². The van der Waals surface area contributed by atoms with Gasteiger partial charge in [-0.1, -0.05) is 0 Å². The van der Waals surface area contributed by atoms with E-state index in [1.807, 2.05) is 0 Å². The van der Waals surface area contributed by atoms with E-state index in [0.29, 0.717) is 0 Å². The fourth-order valence-electron chi connectivity index (χ4n) is 1.15. The van der Waals surface area contributed by atoms with Gasteiger partial charge in [0, 0.05) is 14.1 Å². The standard InChI is InChI=1S/C9H11ClN8O/c1-17(2)6(19)3-12-8-14-7(10)15-9(16-8)18-5-11-4-13-18/h4-5H,3H2,1-2H3,(H,12,14,15,16). The number of carbonyl (C=O) groups is 1. The Bertz CT molecular complexity index is 570. The molecule has 100 valence electrons. The predicted molar refractivity (Wildman–Crippen MR) is 66.9 cm³/mol. The Morgan fingerprint density at radius 2 is 2.21 bits per heavy atom. The highest BCUT2D eigenvalue weighted by molar-refractivity contribution is 6.28. The summed E-state index contributed by atoms with van der Waals surface area (Å²) in [4.78, 5) is 28.5. The lowest BCUT2D eigenvalue weighted by molar-refractivity contribution is -0.126. The first-order valence-electron chi connectivity index (χ1n) is 5.27. The summed E-state index contributed by atoms with van der Waals surface area (Å²) in [5.74, 6) is 0.303. The Morgan fingerprint density at radius 1 is 1.42 bits per heavy atom. The maximum Gasteiger partial charge on any atom is 0.258 e. The number of halogens is 1. The lowest BCUT2D eigenvalue weighted by Crippen LogP contribution is -2.29. The van der Waals surface area contributed by atoms with Crippen molar-refractivity contribution in [2.45, 2.75) is 0 Å². The van der Waals surface area contributed by atoms with Crippen molar-refractivity contribution < 1.29 is 4.79 Å². The number of carbonyl (C=O) groups excluding carboxylic acids is 1. The zero-order chi connectivity index (χ0) is 13.8. The Morgan fingerprint density at radius 3 is 2.84 bits per heavy atom. The summed E-state index contributed by atoms with van der Waals surface area (Å²) in [6, 6.07) is 0. The van der Waals surface area contributed by atoms with Crippen molar-refractivity contribution in [3.63, 3.8) is 0 Å². The van der Waals surface area contributed by atoms with Gasteiger partial charge in [0.1, 0.15) is 12.7 Å². The molecule has 1 amide bonds. The highest BCUT2D eigenvalue weighted by atomic mass is 35.5. The predicted octanol–water partition coefficient (Wildman–Crippen LogP) is -0.394. The summed E-state index contributed by atoms with van der Waals surface area (Å²) in [5, 5.41) is 6.65. The molecule has 0 atom stereocenters. The second-order valence-corrected chi connectivity index (χ2v) is 4.05. The monoisotopic (exact) mass is 282 g/mol. The summed E-state index contributed by atoms with van der Waals surface area (Å²) in [6.07, 6.45) is 2.78. The number of amides is 1. The van der Waals surface area contributed by atoms with Gasteiger partial charge < -0.3 is 10.2 Å². The minimum Gasteiger partial charge on any atom is -0.347 e. The molecule has 0 aliphatic rings. The molecular formula is C9H11ClN8O. The molecule has 0 unspecified atom stereocenters. The number of anilines is 1. The summed E-state index contributed by atoms with van der Waals surface area (Å²) in [7, 11) is 3.32. The van der Waals surface area contributed by atoms with Crippen molar-refractivity contribution >= 4 is 23.5 Å². The smallest absolute Gasteiger partial charge is 0.258 e. The van der Waals surface area contributed by atoms with Gasteiger partial charge in [-0.25, -0.2) is 4.98 Å². The first-order valence-corrected chi connectivity index (χ1v) is 5.64. The number of nitrogens with zero attached hydrogens (tertiary/aromatic N) is 7. The van der Waals surface area contributed by atoms with Crippen LogP contribution in [0.1, 0.15) is 0 Å². The average Bonchev–Trinajstić information content (AvgIpc) is 2.89. The molecule has 0 spiro atoms. The minimum atomic E-state index is -0.112. The van der Waals surface area contributed by atoms with Gasteiger partial charge in [-0.15, -0.1) is 0 Å². The van der Waals surface area contributed by atoms with Crippen LogP contribution in [0.3, 0.4) is 0 Å². The average molecular weight is 283 g/mol. The molecule has 0 saturated heterocycles. The molecule has 0 fully saturated rings. The van der Waals surface area contributed by atoms with E-state index in [4.69, 9.17) is 11.6 Å². The molecule has 19 heavy (non-hydrogen) atoms. The molecule has 0 radical (unpaired) electrons. The Balaban J connectivity index is 2.16. The van der Waals surface area contributed by atoms with Gasteiger partial charge in [-0.2, -0.15) is 24.7 Å². The number of hydrogen-bond acceptors (Lipinski definition) is 7. The van der Waals surface area contributed by atoms with Gasteiger partial charge in [0.15, 0.2) is 0 Å². The molecule has 2 aromatic rings. The van der Waals surface area contributed by atoms with Crippen molar-refractivity contribution in [2.24, 2.45) is 0 Å². The zero-order valence-electron chi connectivity index (χ0n) is 10.3. The van der Waals surface area contributed by atoms with E-state index in [0.717, 1.165) is 0 Å². The SMILES string of the molecule is CN(C)C(=O)CNc1nc(Cl)nc(-n2cncn2)n1. The van der Waals surface area contributed by atoms with Crippen LogP contribution >= 0.6 is 11.6 Å². The van der Waals surface area contributed by atoms with Crippen molar-refractivity contribution in [3.8, 4) is 5.95 Å². The number of nitrogens with one attached hydrogen (secondary N) is 1. The molecule has 0 saturated carbocycles. The molecule has 0 aliphatic carbocycles. The van der Waals surface area contributed by atoms with Gasteiger partial charge in [-0.3, -0.25) is 4.79 Å². The molecule has 2 rings (SSSR count). The molecule has 1 N–H and O–H groups in total. The lowest BCUT2D eigenvalue weighted by atomic mass is 10.5. The Labute approximate surface area is 113 Å². The zero-order valence-corrected chi connectivity index (χ0v) is 11.0. The van der Waals surface area contributed by atoms with E-state index >= 15 is 0 Å². The van der Waals surface area contributed by atoms with E-state index in [-0.39, 0.29) is 29.6 Å². The maximum atomic E-state index is 11.4. The van der Waals surface area contributed by atoms with Crippen LogP contribution in [0.2, 0.25) is 5.28 Å². The van der Waals surface area contributed by atoms with Crippen LogP contribution in [0.4, 0.5) is 5.95 Å². The van der Waals surface area contributed by atoms with Gasteiger partial charge in [0.05, 0.1) is 6.54 Å². The highest BCUT2D eigenvalue weighted by Crippen LogP contribution is 2.08. The van der Waals surface area contributed by atoms with Gasteiger partial charge in [0.25, 0.3) is 5.95 Å². The first kappa shape index (κ1) is 13.1. The summed E-state index contributed by atoms with van der Waals surface area (Å²) >= 11 is 5.79. The first-order chi connectivity index (χ1) is 9.06. The molecule has 2 aromatic heterocycles. The number of likely N-dealkylation sites (N-methyl/N-ethyl adjacent to an activating group) is 1. The molecule has 10 heteroatoms. The quantitative estimate of drug-likeness (QED) is 0.814. The summed E-state index contributed by atoms with van der Waals surface area (Å²) in [6.45, 7) is 0.0597. The Hall–Kier alpha value is -2.29. The second-order valence-electron chi connectivity index (χ2n) is 3.71. The van der Waals surface area contributed by atoms with Crippen molar-refractivity contribution in [3.05, 3.63) is 17.9 Å². The topological polar surface area (TPSA) is 102 Å². The minimum absolute atomic E-state index is 0.000280. The third-order valence-corrected chi connectivity index (χ3v) is 2.29. The van der Waals surface area contributed by atoms with Crippen LogP contribution in [-0.2, 0) is 4.79 Å². The largest absolute Gasteiger partial charge is 0.347 e. The summed E-state index contributed by atoms with van der Waals surface area (Å²) in [5.41, 5.74) is 0. The van der Waals surface area contributed by atoms with E-state index in [1.165, 1.54) is 22.2 Å². The lowest BCUT2D eigenvalue weighted by Gasteiger charge is -2.11. The van der Waals surface area contributed by atoms with Crippen LogP contribution in [0, 0.1) is 0 Å². The van der Waals surface area contributed by atoms with E-state index < -0.39 is 0 Å². The number of aromatic nitrogens is 6. The third kappa shape index (κ3) is 3.35. The molecule has 0 bridgehead atoms. The van der Waals surface area contributed by atoms with Gasteiger partial charge in [-0.05, 0) is 11.6 Å². The van der Waals surface area contributed by atoms with Crippen LogP contribution < -0.4 is 5.32 Å². The molecular weight excluding hydrogens is 272 g/mol. The van der Waals surface area contributed by atoms with Crippen molar-refractivity contribution in [1.82, 2.24) is 34.6 Å². The van der Waals surface area contributed by atoms with Crippen LogP contribution in [0.5, 0.6) is 0 Å². The third-order valence-electron chi connectivity index (χ3n) is 2.12. The molecule has 0 aromatic carbocycles. The maximum absolute atomic E-state index is 11.4. The fraction of sp³-hybridized carbons (Fsp3) is 0.333.